The Hall–Kier alpha value is -0.465. The van der Waals surface area contributed by atoms with Crippen molar-refractivity contribution in [3.8, 4) is 0 Å². The van der Waals surface area contributed by atoms with Gasteiger partial charge in [0.2, 0.25) is 0 Å². The highest BCUT2D eigenvalue weighted by Gasteiger charge is 1.97. The van der Waals surface area contributed by atoms with E-state index in [2.05, 4.69) is 20.8 Å². The van der Waals surface area contributed by atoms with E-state index in [0.717, 1.165) is 11.4 Å². The second-order valence-corrected chi connectivity index (χ2v) is 5.01. The minimum absolute atomic E-state index is 0.702. The summed E-state index contributed by atoms with van der Waals surface area (Å²) >= 11 is 5.83. The van der Waals surface area contributed by atoms with Crippen LogP contribution in [0, 0.1) is 0 Å². The van der Waals surface area contributed by atoms with Crippen molar-refractivity contribution < 1.29 is 0 Å². The molecule has 3 heteroatoms. The molecule has 1 atom stereocenters. The summed E-state index contributed by atoms with van der Waals surface area (Å²) in [5.41, 5.74) is 1.33. The lowest BCUT2D eigenvalue weighted by molar-refractivity contribution is 0.505. The smallest absolute Gasteiger partial charge is 0.105 e. The van der Waals surface area contributed by atoms with Gasteiger partial charge in [-0.15, -0.1) is 0 Å². The topological polar surface area (TPSA) is 3.24 Å². The lowest BCUT2D eigenvalue weighted by atomic mass is 9.84. The van der Waals surface area contributed by atoms with Crippen LogP contribution in [0.1, 0.15) is 12.5 Å². The van der Waals surface area contributed by atoms with E-state index in [1.165, 1.54) is 5.56 Å². The lowest BCUT2D eigenvalue weighted by Crippen LogP contribution is -1.99. The Morgan fingerprint density at radius 3 is 2.27 bits per heavy atom. The summed E-state index contributed by atoms with van der Waals surface area (Å²) in [5.74, 6) is 0.702. The van der Waals surface area contributed by atoms with Gasteiger partial charge in [0.25, 0.3) is 0 Å². The molecule has 0 bridgehead atoms. The van der Waals surface area contributed by atoms with Gasteiger partial charge in [0, 0.05) is 5.02 Å². The Kier molecular flexibility index (Phi) is 7.54. The molecule has 1 aromatic carbocycles. The molecule has 1 nitrogen and oxygen atoms in total. The predicted octanol–water partition coefficient (Wildman–Crippen LogP) is 2.50. The van der Waals surface area contributed by atoms with Crippen LogP contribution in [0.3, 0.4) is 0 Å². The maximum Gasteiger partial charge on any atom is 0.105 e. The van der Waals surface area contributed by atoms with Gasteiger partial charge in [-0.05, 0) is 45.3 Å². The second kappa shape index (κ2) is 7.78. The van der Waals surface area contributed by atoms with Crippen LogP contribution in [0.25, 0.3) is 0 Å². The van der Waals surface area contributed by atoms with Gasteiger partial charge < -0.3 is 4.90 Å². The van der Waals surface area contributed by atoms with E-state index in [0.29, 0.717) is 5.82 Å². The Bertz CT molecular complexity index is 271. The lowest BCUT2D eigenvalue weighted by Gasteiger charge is -2.03. The zero-order chi connectivity index (χ0) is 11.8. The monoisotopic (exact) mass is 225 g/mol. The molecule has 0 aliphatic rings. The first-order valence-electron chi connectivity index (χ1n) is 5.27. The van der Waals surface area contributed by atoms with Crippen LogP contribution in [0.5, 0.6) is 0 Å². The van der Waals surface area contributed by atoms with Crippen molar-refractivity contribution in [2.75, 3.05) is 21.1 Å². The standard InChI is InChI=1S/C9H12BCl.C3H9N/c1-7(10)5-8-3-2-4-9(11)6-8;1-4(2)3/h2-4,6-7H,5,10H2,1H3;1-3H3. The summed E-state index contributed by atoms with van der Waals surface area (Å²) < 4.78 is 0. The Morgan fingerprint density at radius 1 is 1.33 bits per heavy atom. The normalized spacial score (nSPS) is 11.9. The van der Waals surface area contributed by atoms with Gasteiger partial charge in [0.15, 0.2) is 0 Å². The maximum absolute atomic E-state index is 5.83. The molecule has 1 aromatic rings. The molecule has 0 N–H and O–H groups in total. The molecule has 0 spiro atoms. The van der Waals surface area contributed by atoms with Crippen LogP contribution in [0.15, 0.2) is 24.3 Å². The van der Waals surface area contributed by atoms with Crippen molar-refractivity contribution in [1.29, 1.82) is 0 Å². The third-order valence-electron chi connectivity index (χ3n) is 1.53. The quantitative estimate of drug-likeness (QED) is 0.699. The molecule has 84 valence electrons. The van der Waals surface area contributed by atoms with E-state index in [4.69, 9.17) is 11.6 Å². The zero-order valence-electron chi connectivity index (χ0n) is 10.4. The minimum Gasteiger partial charge on any atom is -0.312 e. The highest BCUT2D eigenvalue weighted by molar-refractivity contribution is 6.30. The van der Waals surface area contributed by atoms with Crippen molar-refractivity contribution in [3.05, 3.63) is 34.9 Å². The van der Waals surface area contributed by atoms with Crippen molar-refractivity contribution in [2.45, 2.75) is 19.2 Å². The molecule has 0 aliphatic carbocycles. The highest BCUT2D eigenvalue weighted by atomic mass is 35.5. The van der Waals surface area contributed by atoms with Gasteiger partial charge >= 0.3 is 0 Å². The number of rotatable bonds is 2. The summed E-state index contributed by atoms with van der Waals surface area (Å²) in [6, 6.07) is 8.05. The molecule has 0 radical (unpaired) electrons. The molecule has 15 heavy (non-hydrogen) atoms. The minimum atomic E-state index is 0.702. The molecular formula is C12H21BClN. The zero-order valence-corrected chi connectivity index (χ0v) is 11.2. The third-order valence-corrected chi connectivity index (χ3v) is 1.77. The summed E-state index contributed by atoms with van der Waals surface area (Å²) in [7, 11) is 8.21. The number of halogens is 1. The van der Waals surface area contributed by atoms with Crippen LogP contribution in [-0.2, 0) is 6.42 Å². The predicted molar refractivity (Wildman–Crippen MR) is 72.7 cm³/mol. The summed E-state index contributed by atoms with van der Waals surface area (Å²) in [4.78, 5) is 2.00. The molecule has 0 aliphatic heterocycles. The average molecular weight is 226 g/mol. The average Bonchev–Trinajstić information content (AvgIpc) is 2.00. The van der Waals surface area contributed by atoms with Gasteiger partial charge in [-0.25, -0.2) is 0 Å². The van der Waals surface area contributed by atoms with Gasteiger partial charge in [-0.3, -0.25) is 0 Å². The Labute approximate surface area is 99.8 Å². The van der Waals surface area contributed by atoms with Crippen molar-refractivity contribution in [2.24, 2.45) is 0 Å². The molecule has 0 fully saturated rings. The van der Waals surface area contributed by atoms with E-state index in [-0.39, 0.29) is 0 Å². The first-order valence-corrected chi connectivity index (χ1v) is 5.65. The molecule has 0 aromatic heterocycles. The van der Waals surface area contributed by atoms with Crippen molar-refractivity contribution in [3.63, 3.8) is 0 Å². The molecule has 0 saturated heterocycles. The SMILES string of the molecule is BC(C)Cc1cccc(Cl)c1.CN(C)C. The Balaban J connectivity index is 0.000000423. The number of benzene rings is 1. The largest absolute Gasteiger partial charge is 0.312 e. The van der Waals surface area contributed by atoms with Gasteiger partial charge in [0.1, 0.15) is 7.85 Å². The molecule has 0 amide bonds. The summed E-state index contributed by atoms with van der Waals surface area (Å²) in [6.45, 7) is 2.21. The van der Waals surface area contributed by atoms with Crippen LogP contribution in [0.4, 0.5) is 0 Å². The summed E-state index contributed by atoms with van der Waals surface area (Å²) in [6.07, 6.45) is 1.11. The van der Waals surface area contributed by atoms with E-state index in [9.17, 15) is 0 Å². The molecular weight excluding hydrogens is 204 g/mol. The molecule has 0 heterocycles. The fourth-order valence-electron chi connectivity index (χ4n) is 1.14. The van der Waals surface area contributed by atoms with Crippen molar-refractivity contribution >= 4 is 19.4 Å². The van der Waals surface area contributed by atoms with Crippen molar-refractivity contribution in [1.82, 2.24) is 4.90 Å². The first kappa shape index (κ1) is 14.5. The fraction of sp³-hybridized carbons (Fsp3) is 0.500. The Morgan fingerprint density at radius 2 is 1.87 bits per heavy atom. The molecule has 0 saturated carbocycles. The second-order valence-electron chi connectivity index (χ2n) is 4.57. The molecule has 1 rings (SSSR count). The van der Waals surface area contributed by atoms with E-state index >= 15 is 0 Å². The van der Waals surface area contributed by atoms with Crippen LogP contribution >= 0.6 is 11.6 Å². The van der Waals surface area contributed by atoms with Crippen LogP contribution in [-0.4, -0.2) is 33.9 Å². The fourth-order valence-corrected chi connectivity index (χ4v) is 1.35. The van der Waals surface area contributed by atoms with E-state index in [1.807, 2.05) is 44.2 Å². The van der Waals surface area contributed by atoms with E-state index in [1.54, 1.807) is 0 Å². The summed E-state index contributed by atoms with van der Waals surface area (Å²) in [5, 5.41) is 0.836. The van der Waals surface area contributed by atoms with E-state index < -0.39 is 0 Å². The highest BCUT2D eigenvalue weighted by Crippen LogP contribution is 2.14. The van der Waals surface area contributed by atoms with Gasteiger partial charge in [-0.1, -0.05) is 36.5 Å². The maximum atomic E-state index is 5.83. The van der Waals surface area contributed by atoms with Crippen LogP contribution < -0.4 is 0 Å². The van der Waals surface area contributed by atoms with Gasteiger partial charge in [-0.2, -0.15) is 0 Å². The molecule has 1 unspecified atom stereocenters. The number of hydrogen-bond acceptors (Lipinski definition) is 1. The van der Waals surface area contributed by atoms with Gasteiger partial charge in [0.05, 0.1) is 0 Å². The van der Waals surface area contributed by atoms with Crippen LogP contribution in [0.2, 0.25) is 10.8 Å². The number of hydrogen-bond donors (Lipinski definition) is 0. The first-order chi connectivity index (χ1) is 6.91. The number of nitrogens with zero attached hydrogens (tertiary/aromatic N) is 1. The third kappa shape index (κ3) is 9.83.